The number of carbonyl (C=O) groups excluding carboxylic acids is 1. The predicted molar refractivity (Wildman–Crippen MR) is 71.6 cm³/mol. The third-order valence-electron chi connectivity index (χ3n) is 2.63. The molecular formula is C14H14O4S. The summed E-state index contributed by atoms with van der Waals surface area (Å²) in [6, 6.07) is 10.3. The molecular weight excluding hydrogens is 264 g/mol. The van der Waals surface area contributed by atoms with Gasteiger partial charge in [0.05, 0.1) is 5.75 Å². The first-order valence-corrected chi connectivity index (χ1v) is 7.60. The minimum Gasteiger partial charge on any atom is -0.457 e. The van der Waals surface area contributed by atoms with E-state index in [2.05, 4.69) is 0 Å². The van der Waals surface area contributed by atoms with Crippen LogP contribution in [0.1, 0.15) is 27.4 Å². The molecule has 4 nitrogen and oxygen atoms in total. The average Bonchev–Trinajstić information content (AvgIpc) is 2.75. The summed E-state index contributed by atoms with van der Waals surface area (Å²) >= 11 is 0. The number of benzene rings is 1. The van der Waals surface area contributed by atoms with Gasteiger partial charge in [-0.2, -0.15) is 0 Å². The van der Waals surface area contributed by atoms with Crippen LogP contribution in [0.5, 0.6) is 0 Å². The van der Waals surface area contributed by atoms with Gasteiger partial charge in [-0.05, 0) is 24.6 Å². The van der Waals surface area contributed by atoms with Crippen LogP contribution >= 0.6 is 0 Å². The maximum absolute atomic E-state index is 12.0. The molecule has 0 atom stereocenters. The van der Waals surface area contributed by atoms with Gasteiger partial charge in [-0.1, -0.05) is 29.8 Å². The molecule has 0 N–H and O–H groups in total. The molecule has 1 heterocycles. The fraction of sp³-hybridized carbons (Fsp3) is 0.214. The lowest BCUT2D eigenvalue weighted by molar-refractivity contribution is 0.109. The summed E-state index contributed by atoms with van der Waals surface area (Å²) < 4.78 is 29.1. The van der Waals surface area contributed by atoms with Crippen molar-refractivity contribution >= 4 is 16.1 Å². The first-order valence-electron chi connectivity index (χ1n) is 5.78. The fourth-order valence-corrected chi connectivity index (χ4v) is 3.24. The summed E-state index contributed by atoms with van der Waals surface area (Å²) in [4.78, 5) is 10.5. The largest absolute Gasteiger partial charge is 0.457 e. The molecule has 0 aliphatic rings. The minimum atomic E-state index is -3.31. The Kier molecular flexibility index (Phi) is 3.85. The third kappa shape index (κ3) is 3.79. The van der Waals surface area contributed by atoms with Crippen LogP contribution in [0.25, 0.3) is 0 Å². The van der Waals surface area contributed by atoms with Crippen molar-refractivity contribution < 1.29 is 17.6 Å². The molecule has 1 aromatic heterocycles. The van der Waals surface area contributed by atoms with E-state index >= 15 is 0 Å². The van der Waals surface area contributed by atoms with Gasteiger partial charge in [0.15, 0.2) is 21.9 Å². The Hall–Kier alpha value is -1.88. The Balaban J connectivity index is 2.12. The molecule has 0 spiro atoms. The van der Waals surface area contributed by atoms with Crippen molar-refractivity contribution in [2.24, 2.45) is 0 Å². The highest BCUT2D eigenvalue weighted by Crippen LogP contribution is 2.15. The van der Waals surface area contributed by atoms with Gasteiger partial charge in [0.1, 0.15) is 11.5 Å². The minimum absolute atomic E-state index is 0.0359. The SMILES string of the molecule is Cc1cccc(CS(=O)(=O)Cc2ccc(C=O)o2)c1. The van der Waals surface area contributed by atoms with E-state index in [1.165, 1.54) is 12.1 Å². The van der Waals surface area contributed by atoms with Crippen molar-refractivity contribution in [3.63, 3.8) is 0 Å². The van der Waals surface area contributed by atoms with Crippen LogP contribution in [0.15, 0.2) is 40.8 Å². The smallest absolute Gasteiger partial charge is 0.185 e. The van der Waals surface area contributed by atoms with Gasteiger partial charge in [0, 0.05) is 0 Å². The standard InChI is InChI=1S/C14H14O4S/c1-11-3-2-4-12(7-11)9-19(16,17)10-14-6-5-13(8-15)18-14/h2-8H,9-10H2,1H3. The Bertz CT molecular complexity index is 683. The van der Waals surface area contributed by atoms with Gasteiger partial charge in [-0.15, -0.1) is 0 Å². The second-order valence-corrected chi connectivity index (χ2v) is 6.51. The van der Waals surface area contributed by atoms with Crippen LogP contribution in [0.4, 0.5) is 0 Å². The zero-order valence-corrected chi connectivity index (χ0v) is 11.3. The molecule has 0 aliphatic heterocycles. The maximum Gasteiger partial charge on any atom is 0.185 e. The number of hydrogen-bond acceptors (Lipinski definition) is 4. The van der Waals surface area contributed by atoms with Gasteiger partial charge in [0.25, 0.3) is 0 Å². The normalized spacial score (nSPS) is 11.4. The van der Waals surface area contributed by atoms with E-state index < -0.39 is 9.84 Å². The van der Waals surface area contributed by atoms with E-state index in [1.54, 1.807) is 6.07 Å². The Morgan fingerprint density at radius 1 is 1.16 bits per heavy atom. The van der Waals surface area contributed by atoms with Crippen molar-refractivity contribution in [3.05, 3.63) is 59.0 Å². The van der Waals surface area contributed by atoms with Crippen LogP contribution in [-0.2, 0) is 21.3 Å². The van der Waals surface area contributed by atoms with Crippen LogP contribution in [0, 0.1) is 6.92 Å². The first kappa shape index (κ1) is 13.5. The van der Waals surface area contributed by atoms with Gasteiger partial charge in [-0.3, -0.25) is 4.79 Å². The monoisotopic (exact) mass is 278 g/mol. The number of aldehydes is 1. The van der Waals surface area contributed by atoms with Crippen molar-refractivity contribution in [3.8, 4) is 0 Å². The Morgan fingerprint density at radius 3 is 2.58 bits per heavy atom. The molecule has 1 aromatic carbocycles. The fourth-order valence-electron chi connectivity index (χ4n) is 1.86. The Labute approximate surface area is 112 Å². The molecule has 2 aromatic rings. The van der Waals surface area contributed by atoms with Crippen molar-refractivity contribution in [1.29, 1.82) is 0 Å². The predicted octanol–water partition coefficient (Wildman–Crippen LogP) is 2.52. The summed E-state index contributed by atoms with van der Waals surface area (Å²) in [6.07, 6.45) is 0.552. The van der Waals surface area contributed by atoms with Crippen molar-refractivity contribution in [2.45, 2.75) is 18.4 Å². The van der Waals surface area contributed by atoms with Gasteiger partial charge < -0.3 is 4.42 Å². The highest BCUT2D eigenvalue weighted by molar-refractivity contribution is 7.89. The number of sulfone groups is 1. The van der Waals surface area contributed by atoms with Crippen molar-refractivity contribution in [2.75, 3.05) is 0 Å². The molecule has 0 radical (unpaired) electrons. The lowest BCUT2D eigenvalue weighted by Gasteiger charge is -2.03. The molecule has 0 aliphatic carbocycles. The van der Waals surface area contributed by atoms with Gasteiger partial charge in [-0.25, -0.2) is 8.42 Å². The van der Waals surface area contributed by atoms with E-state index in [0.29, 0.717) is 6.29 Å². The summed E-state index contributed by atoms with van der Waals surface area (Å²) in [5, 5.41) is 0. The number of furan rings is 1. The number of carbonyl (C=O) groups is 1. The molecule has 0 amide bonds. The quantitative estimate of drug-likeness (QED) is 0.788. The molecule has 0 fully saturated rings. The summed E-state index contributed by atoms with van der Waals surface area (Å²) in [7, 11) is -3.31. The average molecular weight is 278 g/mol. The number of aryl methyl sites for hydroxylation is 1. The van der Waals surface area contributed by atoms with E-state index in [1.807, 2.05) is 25.1 Å². The molecule has 5 heteroatoms. The van der Waals surface area contributed by atoms with Crippen LogP contribution < -0.4 is 0 Å². The summed E-state index contributed by atoms with van der Waals surface area (Å²) in [5.41, 5.74) is 1.77. The topological polar surface area (TPSA) is 64.3 Å². The molecule has 0 bridgehead atoms. The molecule has 0 unspecified atom stereocenters. The second-order valence-electron chi connectivity index (χ2n) is 4.44. The number of rotatable bonds is 5. The van der Waals surface area contributed by atoms with E-state index in [4.69, 9.17) is 4.42 Å². The van der Waals surface area contributed by atoms with Crippen LogP contribution in [0.3, 0.4) is 0 Å². The van der Waals surface area contributed by atoms with E-state index in [-0.39, 0.29) is 23.0 Å². The van der Waals surface area contributed by atoms with Crippen molar-refractivity contribution in [1.82, 2.24) is 0 Å². The maximum atomic E-state index is 12.0. The van der Waals surface area contributed by atoms with Gasteiger partial charge >= 0.3 is 0 Å². The second kappa shape index (κ2) is 5.40. The van der Waals surface area contributed by atoms with Crippen LogP contribution in [-0.4, -0.2) is 14.7 Å². The lowest BCUT2D eigenvalue weighted by Crippen LogP contribution is -2.07. The zero-order chi connectivity index (χ0) is 13.9. The molecule has 100 valence electrons. The molecule has 19 heavy (non-hydrogen) atoms. The third-order valence-corrected chi connectivity index (χ3v) is 4.13. The number of hydrogen-bond donors (Lipinski definition) is 0. The highest BCUT2D eigenvalue weighted by atomic mass is 32.2. The zero-order valence-electron chi connectivity index (χ0n) is 10.5. The Morgan fingerprint density at radius 2 is 1.95 bits per heavy atom. The van der Waals surface area contributed by atoms with Crippen LogP contribution in [0.2, 0.25) is 0 Å². The molecule has 2 rings (SSSR count). The lowest BCUT2D eigenvalue weighted by atomic mass is 10.2. The van der Waals surface area contributed by atoms with Gasteiger partial charge in [0.2, 0.25) is 0 Å². The molecule has 0 saturated heterocycles. The first-order chi connectivity index (χ1) is 8.98. The highest BCUT2D eigenvalue weighted by Gasteiger charge is 2.15. The van der Waals surface area contributed by atoms with E-state index in [9.17, 15) is 13.2 Å². The van der Waals surface area contributed by atoms with E-state index in [0.717, 1.165) is 11.1 Å². The summed E-state index contributed by atoms with van der Waals surface area (Å²) in [6.45, 7) is 1.92. The molecule has 0 saturated carbocycles. The summed E-state index contributed by atoms with van der Waals surface area (Å²) in [5.74, 6) is 0.191.